The Balaban J connectivity index is 1.93. The summed E-state index contributed by atoms with van der Waals surface area (Å²) in [4.78, 5) is 3.61. The number of hydrogen-bond donors (Lipinski definition) is 1. The van der Waals surface area contributed by atoms with Crippen LogP contribution in [0, 0.1) is 0 Å². The summed E-state index contributed by atoms with van der Waals surface area (Å²) in [7, 11) is 4.25. The van der Waals surface area contributed by atoms with E-state index in [4.69, 9.17) is 0 Å². The zero-order chi connectivity index (χ0) is 13.7. The fraction of sp³-hybridized carbons (Fsp3) is 0.333. The third-order valence-electron chi connectivity index (χ3n) is 3.12. The van der Waals surface area contributed by atoms with Gasteiger partial charge in [0.15, 0.2) is 0 Å². The molecule has 2 nitrogen and oxygen atoms in total. The molecule has 2 rings (SSSR count). The summed E-state index contributed by atoms with van der Waals surface area (Å²) in [5, 5.41) is 5.66. The molecule has 0 saturated heterocycles. The van der Waals surface area contributed by atoms with Gasteiger partial charge < -0.3 is 10.2 Å². The molecule has 0 spiro atoms. The summed E-state index contributed by atoms with van der Waals surface area (Å²) in [6.07, 6.45) is 0. The summed E-state index contributed by atoms with van der Waals surface area (Å²) in [6, 6.07) is 13.1. The first-order valence-corrected chi connectivity index (χ1v) is 7.99. The predicted octanol–water partition coefficient (Wildman–Crippen LogP) is 3.90. The Kier molecular flexibility index (Phi) is 5.58. The van der Waals surface area contributed by atoms with Gasteiger partial charge in [0, 0.05) is 28.5 Å². The maximum atomic E-state index is 3.57. The van der Waals surface area contributed by atoms with E-state index in [-0.39, 0.29) is 0 Å². The molecular formula is C15H19BrN2S. The lowest BCUT2D eigenvalue weighted by Crippen LogP contribution is -2.30. The van der Waals surface area contributed by atoms with Crippen molar-refractivity contribution in [2.24, 2.45) is 0 Å². The first-order chi connectivity index (χ1) is 9.18. The minimum atomic E-state index is 0.403. The standard InChI is InChI=1S/C15H19BrN2S/c1-18(2)14(12-6-4-3-5-7-12)10-17-11-15-13(16)8-9-19-15/h3-9,14,17H,10-11H2,1-2H3. The Hall–Kier alpha value is -0.680. The molecule has 0 amide bonds. The van der Waals surface area contributed by atoms with E-state index in [0.717, 1.165) is 13.1 Å². The van der Waals surface area contributed by atoms with Crippen molar-refractivity contribution in [3.05, 3.63) is 56.7 Å². The third kappa shape index (κ3) is 4.14. The van der Waals surface area contributed by atoms with E-state index in [2.05, 4.69) is 82.0 Å². The van der Waals surface area contributed by atoms with Gasteiger partial charge in [0.1, 0.15) is 0 Å². The molecule has 19 heavy (non-hydrogen) atoms. The molecule has 2 aromatic rings. The molecule has 1 heterocycles. The van der Waals surface area contributed by atoms with E-state index in [1.165, 1.54) is 14.9 Å². The van der Waals surface area contributed by atoms with Crippen LogP contribution in [0.4, 0.5) is 0 Å². The average Bonchev–Trinajstić information content (AvgIpc) is 2.81. The summed E-state index contributed by atoms with van der Waals surface area (Å²) in [6.45, 7) is 1.86. The highest BCUT2D eigenvalue weighted by Crippen LogP contribution is 2.23. The monoisotopic (exact) mass is 338 g/mol. The normalized spacial score (nSPS) is 12.8. The van der Waals surface area contributed by atoms with Gasteiger partial charge in [-0.3, -0.25) is 0 Å². The second kappa shape index (κ2) is 7.20. The Morgan fingerprint density at radius 2 is 1.95 bits per heavy atom. The molecule has 1 unspecified atom stereocenters. The van der Waals surface area contributed by atoms with Gasteiger partial charge in [0.05, 0.1) is 0 Å². The van der Waals surface area contributed by atoms with E-state index in [9.17, 15) is 0 Å². The van der Waals surface area contributed by atoms with Crippen molar-refractivity contribution in [3.63, 3.8) is 0 Å². The molecule has 0 aliphatic rings. The lowest BCUT2D eigenvalue weighted by atomic mass is 10.1. The van der Waals surface area contributed by atoms with Crippen molar-refractivity contribution in [1.29, 1.82) is 0 Å². The van der Waals surface area contributed by atoms with Gasteiger partial charge in [-0.1, -0.05) is 30.3 Å². The Morgan fingerprint density at radius 3 is 2.53 bits per heavy atom. The predicted molar refractivity (Wildman–Crippen MR) is 86.6 cm³/mol. The largest absolute Gasteiger partial charge is 0.310 e. The second-order valence-corrected chi connectivity index (χ2v) is 6.57. The lowest BCUT2D eigenvalue weighted by Gasteiger charge is -2.25. The van der Waals surface area contributed by atoms with Gasteiger partial charge in [0.2, 0.25) is 0 Å². The number of rotatable bonds is 6. The van der Waals surface area contributed by atoms with Gasteiger partial charge in [0.25, 0.3) is 0 Å². The number of halogens is 1. The fourth-order valence-corrected chi connectivity index (χ4v) is 3.51. The number of likely N-dealkylation sites (N-methyl/N-ethyl adjacent to an activating group) is 1. The number of nitrogens with zero attached hydrogens (tertiary/aromatic N) is 1. The van der Waals surface area contributed by atoms with Gasteiger partial charge >= 0.3 is 0 Å². The quantitative estimate of drug-likeness (QED) is 0.859. The van der Waals surface area contributed by atoms with Crippen LogP contribution in [0.15, 0.2) is 46.3 Å². The van der Waals surface area contributed by atoms with E-state index >= 15 is 0 Å². The fourth-order valence-electron chi connectivity index (χ4n) is 2.05. The van der Waals surface area contributed by atoms with Crippen molar-refractivity contribution in [2.45, 2.75) is 12.6 Å². The number of nitrogens with one attached hydrogen (secondary N) is 1. The van der Waals surface area contributed by atoms with E-state index in [1.807, 2.05) is 0 Å². The van der Waals surface area contributed by atoms with Crippen LogP contribution in [-0.2, 0) is 6.54 Å². The summed E-state index contributed by atoms with van der Waals surface area (Å²) < 4.78 is 1.20. The number of benzene rings is 1. The number of hydrogen-bond acceptors (Lipinski definition) is 3. The molecule has 0 aliphatic heterocycles. The molecular weight excluding hydrogens is 320 g/mol. The van der Waals surface area contributed by atoms with Gasteiger partial charge in [-0.05, 0) is 47.0 Å². The molecule has 0 bridgehead atoms. The van der Waals surface area contributed by atoms with Crippen LogP contribution in [0.25, 0.3) is 0 Å². The van der Waals surface area contributed by atoms with Crippen LogP contribution in [0.2, 0.25) is 0 Å². The number of thiophene rings is 1. The zero-order valence-electron chi connectivity index (χ0n) is 11.3. The van der Waals surface area contributed by atoms with Crippen LogP contribution in [-0.4, -0.2) is 25.5 Å². The van der Waals surface area contributed by atoms with Crippen LogP contribution in [0.5, 0.6) is 0 Å². The Bertz CT molecular complexity index is 496. The molecule has 0 saturated carbocycles. The summed E-state index contributed by atoms with van der Waals surface area (Å²) in [5.41, 5.74) is 1.35. The molecule has 1 aromatic carbocycles. The van der Waals surface area contributed by atoms with Gasteiger partial charge in [-0.15, -0.1) is 11.3 Å². The Morgan fingerprint density at radius 1 is 1.21 bits per heavy atom. The Labute approximate surface area is 127 Å². The molecule has 1 atom stereocenters. The van der Waals surface area contributed by atoms with Crippen LogP contribution in [0.3, 0.4) is 0 Å². The minimum Gasteiger partial charge on any atom is -0.310 e. The van der Waals surface area contributed by atoms with Crippen LogP contribution in [0.1, 0.15) is 16.5 Å². The zero-order valence-corrected chi connectivity index (χ0v) is 13.7. The maximum absolute atomic E-state index is 3.57. The first-order valence-electron chi connectivity index (χ1n) is 6.32. The molecule has 1 aromatic heterocycles. The minimum absolute atomic E-state index is 0.403. The topological polar surface area (TPSA) is 15.3 Å². The van der Waals surface area contributed by atoms with Crippen molar-refractivity contribution in [1.82, 2.24) is 10.2 Å². The van der Waals surface area contributed by atoms with E-state index in [1.54, 1.807) is 11.3 Å². The lowest BCUT2D eigenvalue weighted by molar-refractivity contribution is 0.288. The van der Waals surface area contributed by atoms with E-state index in [0.29, 0.717) is 6.04 Å². The highest BCUT2D eigenvalue weighted by molar-refractivity contribution is 9.10. The van der Waals surface area contributed by atoms with Gasteiger partial charge in [-0.25, -0.2) is 0 Å². The van der Waals surface area contributed by atoms with Crippen LogP contribution >= 0.6 is 27.3 Å². The third-order valence-corrected chi connectivity index (χ3v) is 5.05. The molecule has 1 N–H and O–H groups in total. The first kappa shape index (κ1) is 14.7. The molecule has 4 heteroatoms. The van der Waals surface area contributed by atoms with Crippen molar-refractivity contribution < 1.29 is 0 Å². The molecule has 0 radical (unpaired) electrons. The smallest absolute Gasteiger partial charge is 0.0466 e. The highest BCUT2D eigenvalue weighted by atomic mass is 79.9. The summed E-state index contributed by atoms with van der Waals surface area (Å²) >= 11 is 5.35. The maximum Gasteiger partial charge on any atom is 0.0466 e. The molecule has 102 valence electrons. The van der Waals surface area contributed by atoms with Crippen LogP contribution < -0.4 is 5.32 Å². The highest BCUT2D eigenvalue weighted by Gasteiger charge is 2.13. The van der Waals surface area contributed by atoms with Gasteiger partial charge in [-0.2, -0.15) is 0 Å². The second-order valence-electron chi connectivity index (χ2n) is 4.71. The van der Waals surface area contributed by atoms with Crippen molar-refractivity contribution in [2.75, 3.05) is 20.6 Å². The van der Waals surface area contributed by atoms with Crippen molar-refractivity contribution >= 4 is 27.3 Å². The average molecular weight is 339 g/mol. The molecule has 0 fully saturated rings. The van der Waals surface area contributed by atoms with Crippen molar-refractivity contribution in [3.8, 4) is 0 Å². The molecule has 0 aliphatic carbocycles. The summed E-state index contributed by atoms with van der Waals surface area (Å²) in [5.74, 6) is 0. The SMILES string of the molecule is CN(C)C(CNCc1sccc1Br)c1ccccc1. The van der Waals surface area contributed by atoms with E-state index < -0.39 is 0 Å².